The smallest absolute Gasteiger partial charge is 0.348 e. The Morgan fingerprint density at radius 2 is 1.86 bits per heavy atom. The molecule has 7 heteroatoms. The lowest BCUT2D eigenvalue weighted by Crippen LogP contribution is -2.25. The highest BCUT2D eigenvalue weighted by atomic mass is 16.5. The number of esters is 1. The van der Waals surface area contributed by atoms with Gasteiger partial charge in [-0.15, -0.1) is 0 Å². The van der Waals surface area contributed by atoms with Gasteiger partial charge in [0.1, 0.15) is 16.8 Å². The lowest BCUT2D eigenvalue weighted by Gasteiger charge is -2.09. The standard InChI is InChI=1S/C21H18N2O5/c1-26-12-11-23-18-15-5-3-4-6-16(15)28-19(18)17(22-21(23)25)13-7-9-14(10-8-13)20(24)27-2/h3-10H,11-12H2,1-2H3. The fourth-order valence-electron chi connectivity index (χ4n) is 3.23. The zero-order valence-electron chi connectivity index (χ0n) is 15.5. The van der Waals surface area contributed by atoms with Gasteiger partial charge in [-0.3, -0.25) is 4.57 Å². The fourth-order valence-corrected chi connectivity index (χ4v) is 3.23. The quantitative estimate of drug-likeness (QED) is 0.496. The number of carbonyl (C=O) groups is 1. The molecular formula is C21H18N2O5. The van der Waals surface area contributed by atoms with Crippen LogP contribution in [0.4, 0.5) is 0 Å². The van der Waals surface area contributed by atoms with Crippen molar-refractivity contribution < 1.29 is 18.7 Å². The Bertz CT molecular complexity index is 1220. The summed E-state index contributed by atoms with van der Waals surface area (Å²) in [6.45, 7) is 0.743. The van der Waals surface area contributed by atoms with E-state index in [2.05, 4.69) is 4.98 Å². The molecule has 0 spiro atoms. The highest BCUT2D eigenvalue weighted by Crippen LogP contribution is 2.33. The first-order valence-corrected chi connectivity index (χ1v) is 8.74. The Balaban J connectivity index is 1.97. The second-order valence-corrected chi connectivity index (χ2v) is 6.23. The highest BCUT2D eigenvalue weighted by Gasteiger charge is 2.19. The molecule has 0 amide bonds. The average Bonchev–Trinajstić information content (AvgIpc) is 3.12. The summed E-state index contributed by atoms with van der Waals surface area (Å²) in [5.41, 5.74) is 3.00. The van der Waals surface area contributed by atoms with Gasteiger partial charge in [-0.2, -0.15) is 4.98 Å². The van der Waals surface area contributed by atoms with Gasteiger partial charge in [0.25, 0.3) is 0 Å². The summed E-state index contributed by atoms with van der Waals surface area (Å²) >= 11 is 0. The van der Waals surface area contributed by atoms with E-state index in [-0.39, 0.29) is 5.69 Å². The van der Waals surface area contributed by atoms with Crippen LogP contribution in [0.15, 0.2) is 57.7 Å². The van der Waals surface area contributed by atoms with E-state index in [0.29, 0.717) is 46.7 Å². The lowest BCUT2D eigenvalue weighted by atomic mass is 10.1. The molecule has 4 rings (SSSR count). The van der Waals surface area contributed by atoms with Crippen LogP contribution >= 0.6 is 0 Å². The van der Waals surface area contributed by atoms with Crippen LogP contribution in [0.3, 0.4) is 0 Å². The van der Waals surface area contributed by atoms with Crippen molar-refractivity contribution in [3.63, 3.8) is 0 Å². The summed E-state index contributed by atoms with van der Waals surface area (Å²) in [5, 5.41) is 0.834. The second kappa shape index (κ2) is 7.28. The first-order chi connectivity index (χ1) is 13.6. The fraction of sp³-hybridized carbons (Fsp3) is 0.190. The molecule has 4 aromatic rings. The van der Waals surface area contributed by atoms with Crippen LogP contribution in [-0.2, 0) is 16.0 Å². The van der Waals surface area contributed by atoms with Gasteiger partial charge in [0, 0.05) is 18.1 Å². The van der Waals surface area contributed by atoms with Crippen molar-refractivity contribution >= 4 is 28.0 Å². The van der Waals surface area contributed by atoms with E-state index in [1.807, 2.05) is 24.3 Å². The number of nitrogens with zero attached hydrogens (tertiary/aromatic N) is 2. The molecule has 0 N–H and O–H groups in total. The topological polar surface area (TPSA) is 83.6 Å². The van der Waals surface area contributed by atoms with E-state index in [9.17, 15) is 9.59 Å². The van der Waals surface area contributed by atoms with Crippen LogP contribution in [0.2, 0.25) is 0 Å². The summed E-state index contributed by atoms with van der Waals surface area (Å²) in [5.74, 6) is -0.427. The molecule has 2 heterocycles. The maximum atomic E-state index is 12.8. The zero-order valence-corrected chi connectivity index (χ0v) is 15.5. The van der Waals surface area contributed by atoms with Crippen LogP contribution in [0.1, 0.15) is 10.4 Å². The van der Waals surface area contributed by atoms with E-state index in [4.69, 9.17) is 13.9 Å². The first kappa shape index (κ1) is 17.9. The van der Waals surface area contributed by atoms with Gasteiger partial charge in [0.05, 0.1) is 25.8 Å². The first-order valence-electron chi connectivity index (χ1n) is 8.74. The number of para-hydroxylation sites is 1. The summed E-state index contributed by atoms with van der Waals surface area (Å²) in [4.78, 5) is 28.7. The molecule has 0 aliphatic rings. The third kappa shape index (κ3) is 2.95. The molecule has 28 heavy (non-hydrogen) atoms. The van der Waals surface area contributed by atoms with Crippen LogP contribution in [0.25, 0.3) is 33.3 Å². The minimum atomic E-state index is -0.427. The number of hydrogen-bond acceptors (Lipinski definition) is 6. The number of carbonyl (C=O) groups excluding carboxylic acids is 1. The molecule has 142 valence electrons. The maximum absolute atomic E-state index is 12.8. The second-order valence-electron chi connectivity index (χ2n) is 6.23. The largest absolute Gasteiger partial charge is 0.465 e. The van der Waals surface area contributed by atoms with Crippen molar-refractivity contribution in [2.75, 3.05) is 20.8 Å². The molecule has 7 nitrogen and oxygen atoms in total. The maximum Gasteiger partial charge on any atom is 0.348 e. The average molecular weight is 378 g/mol. The third-order valence-corrected chi connectivity index (χ3v) is 4.59. The van der Waals surface area contributed by atoms with Gasteiger partial charge < -0.3 is 13.9 Å². The molecule has 2 aromatic carbocycles. The number of methoxy groups -OCH3 is 2. The molecule has 0 saturated carbocycles. The number of fused-ring (bicyclic) bond motifs is 3. The molecule has 0 atom stereocenters. The Morgan fingerprint density at radius 1 is 1.11 bits per heavy atom. The number of hydrogen-bond donors (Lipinski definition) is 0. The predicted octanol–water partition coefficient (Wildman–Crippen LogP) is 3.24. The SMILES string of the molecule is COCCn1c(=O)nc(-c2ccc(C(=O)OC)cc2)c2oc3ccccc3c21. The monoisotopic (exact) mass is 378 g/mol. The number of rotatable bonds is 5. The van der Waals surface area contributed by atoms with Crippen LogP contribution in [-0.4, -0.2) is 36.3 Å². The number of aromatic nitrogens is 2. The van der Waals surface area contributed by atoms with Crippen molar-refractivity contribution in [3.8, 4) is 11.3 Å². The zero-order chi connectivity index (χ0) is 19.7. The normalized spacial score (nSPS) is 11.2. The lowest BCUT2D eigenvalue weighted by molar-refractivity contribution is 0.0601. The van der Waals surface area contributed by atoms with E-state index in [1.165, 1.54) is 7.11 Å². The summed E-state index contributed by atoms with van der Waals surface area (Å²) in [6, 6.07) is 14.2. The summed E-state index contributed by atoms with van der Waals surface area (Å²) in [6.07, 6.45) is 0. The Kier molecular flexibility index (Phi) is 4.67. The van der Waals surface area contributed by atoms with Gasteiger partial charge in [-0.05, 0) is 24.3 Å². The van der Waals surface area contributed by atoms with Gasteiger partial charge >= 0.3 is 11.7 Å². The molecule has 0 bridgehead atoms. The number of benzene rings is 2. The van der Waals surface area contributed by atoms with E-state index in [1.54, 1.807) is 35.9 Å². The van der Waals surface area contributed by atoms with Crippen molar-refractivity contribution in [2.45, 2.75) is 6.54 Å². The van der Waals surface area contributed by atoms with Crippen molar-refractivity contribution in [2.24, 2.45) is 0 Å². The van der Waals surface area contributed by atoms with Crippen molar-refractivity contribution in [1.82, 2.24) is 9.55 Å². The Hall–Kier alpha value is -3.45. The van der Waals surface area contributed by atoms with Gasteiger partial charge in [-0.25, -0.2) is 9.59 Å². The number of furan rings is 1. The van der Waals surface area contributed by atoms with Gasteiger partial charge in [-0.1, -0.05) is 24.3 Å². The molecular weight excluding hydrogens is 360 g/mol. The van der Waals surface area contributed by atoms with E-state index in [0.717, 1.165) is 5.39 Å². The predicted molar refractivity (Wildman–Crippen MR) is 104 cm³/mol. The van der Waals surface area contributed by atoms with Gasteiger partial charge in [0.2, 0.25) is 0 Å². The third-order valence-electron chi connectivity index (χ3n) is 4.59. The van der Waals surface area contributed by atoms with E-state index < -0.39 is 5.97 Å². The van der Waals surface area contributed by atoms with Crippen molar-refractivity contribution in [3.05, 3.63) is 64.6 Å². The molecule has 0 radical (unpaired) electrons. The molecule has 0 saturated heterocycles. The van der Waals surface area contributed by atoms with E-state index >= 15 is 0 Å². The number of ether oxygens (including phenoxy) is 2. The van der Waals surface area contributed by atoms with Crippen LogP contribution in [0, 0.1) is 0 Å². The van der Waals surface area contributed by atoms with Crippen molar-refractivity contribution in [1.29, 1.82) is 0 Å². The minimum Gasteiger partial charge on any atom is -0.465 e. The molecule has 0 aliphatic carbocycles. The minimum absolute atomic E-state index is 0.365. The van der Waals surface area contributed by atoms with Crippen LogP contribution < -0.4 is 5.69 Å². The molecule has 2 aromatic heterocycles. The molecule has 0 aliphatic heterocycles. The van der Waals surface area contributed by atoms with Crippen LogP contribution in [0.5, 0.6) is 0 Å². The Morgan fingerprint density at radius 3 is 2.57 bits per heavy atom. The van der Waals surface area contributed by atoms with Gasteiger partial charge in [0.15, 0.2) is 5.58 Å². The molecule has 0 unspecified atom stereocenters. The highest BCUT2D eigenvalue weighted by molar-refractivity contribution is 6.06. The summed E-state index contributed by atoms with van der Waals surface area (Å²) < 4.78 is 17.5. The summed E-state index contributed by atoms with van der Waals surface area (Å²) in [7, 11) is 2.91. The molecule has 0 fully saturated rings. The Labute approximate surface area is 160 Å².